The van der Waals surface area contributed by atoms with Gasteiger partial charge in [0.25, 0.3) is 0 Å². The van der Waals surface area contributed by atoms with Crippen LogP contribution in [0.15, 0.2) is 36.5 Å². The molecule has 0 radical (unpaired) electrons. The third-order valence-electron chi connectivity index (χ3n) is 2.33. The number of ether oxygens (including phenoxy) is 2. The van der Waals surface area contributed by atoms with Crippen LogP contribution in [0.5, 0.6) is 17.2 Å². The number of para-hydroxylation sites is 2. The molecular weight excluding hydrogens is 209 g/mol. The molecule has 80 valence electrons. The van der Waals surface area contributed by atoms with E-state index < -0.39 is 5.82 Å². The summed E-state index contributed by atoms with van der Waals surface area (Å²) in [5.74, 6) is 1.21. The molecule has 0 fully saturated rings. The molecule has 0 bridgehead atoms. The molecule has 3 rings (SSSR count). The van der Waals surface area contributed by atoms with Crippen LogP contribution in [0.25, 0.3) is 0 Å². The van der Waals surface area contributed by atoms with Crippen LogP contribution in [0.4, 0.5) is 4.39 Å². The highest BCUT2D eigenvalue weighted by Crippen LogP contribution is 2.36. The molecule has 1 aromatic heterocycles. The summed E-state index contributed by atoms with van der Waals surface area (Å²) in [4.78, 5) is 3.94. The van der Waals surface area contributed by atoms with E-state index in [1.807, 2.05) is 12.1 Å². The lowest BCUT2D eigenvalue weighted by atomic mass is 10.3. The summed E-state index contributed by atoms with van der Waals surface area (Å²) in [6.45, 7) is 0.284. The molecule has 0 saturated carbocycles. The average Bonchev–Trinajstić information content (AvgIpc) is 2.47. The molecule has 0 aliphatic carbocycles. The fourth-order valence-electron chi connectivity index (χ4n) is 1.56. The standard InChI is InChI=1S/C12H8FNO2/c13-8-5-12-9(14-6-8)7-15-10-3-1-2-4-11(10)16-12/h1-6H,7H2. The van der Waals surface area contributed by atoms with Crippen LogP contribution in [0.3, 0.4) is 0 Å². The van der Waals surface area contributed by atoms with Gasteiger partial charge in [0.2, 0.25) is 0 Å². The van der Waals surface area contributed by atoms with Crippen LogP contribution in [-0.4, -0.2) is 4.98 Å². The molecule has 4 heteroatoms. The lowest BCUT2D eigenvalue weighted by Gasteiger charge is -2.05. The Bertz CT molecular complexity index is 542. The highest BCUT2D eigenvalue weighted by molar-refractivity contribution is 5.45. The zero-order valence-corrected chi connectivity index (χ0v) is 8.31. The number of benzene rings is 1. The molecule has 0 atom stereocenters. The summed E-state index contributed by atoms with van der Waals surface area (Å²) in [7, 11) is 0. The summed E-state index contributed by atoms with van der Waals surface area (Å²) in [5.41, 5.74) is 0.595. The Morgan fingerprint density at radius 2 is 1.94 bits per heavy atom. The molecule has 1 aliphatic heterocycles. The largest absolute Gasteiger partial charge is 0.483 e. The van der Waals surface area contributed by atoms with Crippen molar-refractivity contribution in [2.24, 2.45) is 0 Å². The minimum absolute atomic E-state index is 0.284. The van der Waals surface area contributed by atoms with Crippen LogP contribution < -0.4 is 9.47 Å². The normalized spacial score (nSPS) is 12.8. The van der Waals surface area contributed by atoms with Gasteiger partial charge in [0.15, 0.2) is 17.2 Å². The van der Waals surface area contributed by atoms with E-state index in [1.54, 1.807) is 12.1 Å². The minimum atomic E-state index is -0.418. The number of rotatable bonds is 0. The van der Waals surface area contributed by atoms with Crippen LogP contribution >= 0.6 is 0 Å². The molecule has 16 heavy (non-hydrogen) atoms. The van der Waals surface area contributed by atoms with E-state index in [2.05, 4.69) is 4.98 Å². The zero-order chi connectivity index (χ0) is 11.0. The molecule has 0 spiro atoms. The van der Waals surface area contributed by atoms with Crippen molar-refractivity contribution in [1.29, 1.82) is 0 Å². The quantitative estimate of drug-likeness (QED) is 0.679. The van der Waals surface area contributed by atoms with E-state index in [4.69, 9.17) is 9.47 Å². The number of nitrogens with zero attached hydrogens (tertiary/aromatic N) is 1. The van der Waals surface area contributed by atoms with Crippen molar-refractivity contribution in [2.75, 3.05) is 0 Å². The molecule has 0 unspecified atom stereocenters. The van der Waals surface area contributed by atoms with Crippen molar-refractivity contribution < 1.29 is 13.9 Å². The van der Waals surface area contributed by atoms with Gasteiger partial charge in [-0.2, -0.15) is 0 Å². The molecule has 2 aromatic rings. The Labute approximate surface area is 91.5 Å². The highest BCUT2D eigenvalue weighted by Gasteiger charge is 2.16. The van der Waals surface area contributed by atoms with Gasteiger partial charge in [0.1, 0.15) is 18.1 Å². The van der Waals surface area contributed by atoms with E-state index in [9.17, 15) is 4.39 Å². The van der Waals surface area contributed by atoms with Crippen LogP contribution in [0, 0.1) is 5.82 Å². The van der Waals surface area contributed by atoms with E-state index in [1.165, 1.54) is 6.07 Å². The number of hydrogen-bond donors (Lipinski definition) is 0. The molecule has 1 aromatic carbocycles. The Balaban J connectivity index is 2.10. The van der Waals surface area contributed by atoms with Gasteiger partial charge in [-0.15, -0.1) is 0 Å². The first kappa shape index (κ1) is 9.15. The maximum Gasteiger partial charge on any atom is 0.169 e. The predicted octanol–water partition coefficient (Wildman–Crippen LogP) is 2.91. The van der Waals surface area contributed by atoms with Crippen molar-refractivity contribution in [1.82, 2.24) is 4.98 Å². The Kier molecular flexibility index (Phi) is 1.99. The highest BCUT2D eigenvalue weighted by atomic mass is 19.1. The lowest BCUT2D eigenvalue weighted by molar-refractivity contribution is 0.303. The molecule has 0 N–H and O–H groups in total. The fraction of sp³-hybridized carbons (Fsp3) is 0.0833. The second-order valence-electron chi connectivity index (χ2n) is 3.44. The van der Waals surface area contributed by atoms with Crippen molar-refractivity contribution >= 4 is 0 Å². The molecule has 1 aliphatic rings. The summed E-state index contributed by atoms with van der Waals surface area (Å²) in [6, 6.07) is 8.58. The molecule has 2 heterocycles. The Hall–Kier alpha value is -2.10. The topological polar surface area (TPSA) is 31.4 Å². The summed E-state index contributed by atoms with van der Waals surface area (Å²) >= 11 is 0. The SMILES string of the molecule is Fc1cnc2c(c1)Oc1ccccc1OC2. The van der Waals surface area contributed by atoms with Crippen molar-refractivity contribution in [3.05, 3.63) is 48.0 Å². The van der Waals surface area contributed by atoms with E-state index in [-0.39, 0.29) is 6.61 Å². The number of fused-ring (bicyclic) bond motifs is 2. The maximum atomic E-state index is 13.0. The number of pyridine rings is 1. The predicted molar refractivity (Wildman–Crippen MR) is 55.0 cm³/mol. The fourth-order valence-corrected chi connectivity index (χ4v) is 1.56. The molecule has 3 nitrogen and oxygen atoms in total. The summed E-state index contributed by atoms with van der Waals surface area (Å²) < 4.78 is 24.1. The summed E-state index contributed by atoms with van der Waals surface area (Å²) in [6.07, 6.45) is 1.15. The Morgan fingerprint density at radius 3 is 2.81 bits per heavy atom. The van der Waals surface area contributed by atoms with Crippen molar-refractivity contribution in [3.8, 4) is 17.2 Å². The maximum absolute atomic E-state index is 13.0. The Morgan fingerprint density at radius 1 is 1.12 bits per heavy atom. The van der Waals surface area contributed by atoms with Gasteiger partial charge in [-0.1, -0.05) is 12.1 Å². The minimum Gasteiger partial charge on any atom is -0.483 e. The van der Waals surface area contributed by atoms with Crippen LogP contribution in [-0.2, 0) is 6.61 Å². The monoisotopic (exact) mass is 217 g/mol. The first-order chi connectivity index (χ1) is 7.83. The van der Waals surface area contributed by atoms with Gasteiger partial charge in [0, 0.05) is 6.07 Å². The molecular formula is C12H8FNO2. The molecule has 0 saturated heterocycles. The average molecular weight is 217 g/mol. The van der Waals surface area contributed by atoms with Gasteiger partial charge < -0.3 is 9.47 Å². The van der Waals surface area contributed by atoms with Crippen molar-refractivity contribution in [3.63, 3.8) is 0 Å². The number of aromatic nitrogens is 1. The van der Waals surface area contributed by atoms with E-state index in [0.29, 0.717) is 22.9 Å². The van der Waals surface area contributed by atoms with Gasteiger partial charge >= 0.3 is 0 Å². The second-order valence-corrected chi connectivity index (χ2v) is 3.44. The van der Waals surface area contributed by atoms with Gasteiger partial charge in [0.05, 0.1) is 6.20 Å². The van der Waals surface area contributed by atoms with Crippen LogP contribution in [0.2, 0.25) is 0 Å². The van der Waals surface area contributed by atoms with Crippen molar-refractivity contribution in [2.45, 2.75) is 6.61 Å². The first-order valence-electron chi connectivity index (χ1n) is 4.87. The summed E-state index contributed by atoms with van der Waals surface area (Å²) in [5, 5.41) is 0. The third-order valence-corrected chi connectivity index (χ3v) is 2.33. The van der Waals surface area contributed by atoms with E-state index >= 15 is 0 Å². The van der Waals surface area contributed by atoms with Gasteiger partial charge in [-0.05, 0) is 12.1 Å². The van der Waals surface area contributed by atoms with E-state index in [0.717, 1.165) is 6.20 Å². The molecule has 0 amide bonds. The smallest absolute Gasteiger partial charge is 0.169 e. The number of halogens is 1. The zero-order valence-electron chi connectivity index (χ0n) is 8.31. The third kappa shape index (κ3) is 1.48. The van der Waals surface area contributed by atoms with Gasteiger partial charge in [-0.3, -0.25) is 4.98 Å². The van der Waals surface area contributed by atoms with Gasteiger partial charge in [-0.25, -0.2) is 4.39 Å². The first-order valence-corrected chi connectivity index (χ1v) is 4.87. The second kappa shape index (κ2) is 3.48. The van der Waals surface area contributed by atoms with Crippen LogP contribution in [0.1, 0.15) is 5.69 Å². The number of hydrogen-bond acceptors (Lipinski definition) is 3. The lowest BCUT2D eigenvalue weighted by Crippen LogP contribution is -1.97.